The largest absolute Gasteiger partial charge is 0.127 e. The lowest BCUT2D eigenvalue weighted by atomic mass is 10.0. The van der Waals surface area contributed by atoms with E-state index in [-0.39, 0.29) is 0 Å². The Bertz CT molecular complexity index is 199. The third kappa shape index (κ3) is 4.56. The third-order valence-electron chi connectivity index (χ3n) is 1.99. The van der Waals surface area contributed by atoms with Crippen molar-refractivity contribution in [1.29, 1.82) is 0 Å². The van der Waals surface area contributed by atoms with Gasteiger partial charge in [-0.15, -0.1) is 11.8 Å². The molecule has 1 heteroatoms. The van der Waals surface area contributed by atoms with Crippen molar-refractivity contribution in [3.05, 3.63) is 22.1 Å². The molecule has 0 heterocycles. The van der Waals surface area contributed by atoms with Gasteiger partial charge in [0.15, 0.2) is 0 Å². The number of hydrogen-bond acceptors (Lipinski definition) is 1. The molecule has 0 spiro atoms. The molecule has 0 aromatic carbocycles. The van der Waals surface area contributed by atoms with Crippen LogP contribution in [0.15, 0.2) is 22.1 Å². The summed E-state index contributed by atoms with van der Waals surface area (Å²) in [6.07, 6.45) is 4.87. The zero-order valence-corrected chi connectivity index (χ0v) is 10.4. The zero-order valence-electron chi connectivity index (χ0n) is 9.61. The number of hydrogen-bond donors (Lipinski definition) is 0. The minimum absolute atomic E-state index is 1.19. The second-order valence-corrected chi connectivity index (χ2v) is 4.37. The highest BCUT2D eigenvalue weighted by Gasteiger charge is 2.06. The van der Waals surface area contributed by atoms with Crippen LogP contribution in [0.5, 0.6) is 0 Å². The molecule has 0 unspecified atom stereocenters. The summed E-state index contributed by atoms with van der Waals surface area (Å²) >= 11 is 1.97. The summed E-state index contributed by atoms with van der Waals surface area (Å²) in [5.41, 5.74) is 3.11. The molecule has 0 N–H and O–H groups in total. The monoisotopic (exact) mass is 198 g/mol. The minimum Gasteiger partial charge on any atom is -0.127 e. The predicted molar refractivity (Wildman–Crippen MR) is 65.2 cm³/mol. The van der Waals surface area contributed by atoms with Crippen LogP contribution < -0.4 is 0 Å². The molecular formula is C12H22S. The Balaban J connectivity index is 0.000000671. The molecule has 0 saturated carbocycles. The van der Waals surface area contributed by atoms with Crippen LogP contribution in [0.2, 0.25) is 0 Å². The summed E-state index contributed by atoms with van der Waals surface area (Å²) < 4.78 is 0. The van der Waals surface area contributed by atoms with E-state index in [1.165, 1.54) is 29.1 Å². The van der Waals surface area contributed by atoms with Crippen LogP contribution >= 0.6 is 11.8 Å². The molecule has 1 aliphatic rings. The molecule has 13 heavy (non-hydrogen) atoms. The molecule has 0 radical (unpaired) electrons. The van der Waals surface area contributed by atoms with E-state index in [1.54, 1.807) is 5.57 Å². The Morgan fingerprint density at radius 1 is 1.23 bits per heavy atom. The van der Waals surface area contributed by atoms with Gasteiger partial charge in [0, 0.05) is 4.91 Å². The first kappa shape index (κ1) is 12.8. The van der Waals surface area contributed by atoms with Crippen molar-refractivity contribution in [2.45, 2.75) is 47.5 Å². The summed E-state index contributed by atoms with van der Waals surface area (Å²) in [4.78, 5) is 1.51. The Morgan fingerprint density at radius 3 is 2.38 bits per heavy atom. The molecule has 0 bridgehead atoms. The maximum absolute atomic E-state index is 2.34. The van der Waals surface area contributed by atoms with Crippen molar-refractivity contribution >= 4 is 11.8 Å². The molecule has 0 nitrogen and oxygen atoms in total. The number of rotatable bonds is 2. The summed E-state index contributed by atoms with van der Waals surface area (Å²) in [7, 11) is 0. The molecule has 0 aliphatic heterocycles. The van der Waals surface area contributed by atoms with Crippen LogP contribution in [0.3, 0.4) is 0 Å². The van der Waals surface area contributed by atoms with Gasteiger partial charge in [0.2, 0.25) is 0 Å². The van der Waals surface area contributed by atoms with Gasteiger partial charge in [0.05, 0.1) is 0 Å². The van der Waals surface area contributed by atoms with Gasteiger partial charge >= 0.3 is 0 Å². The molecule has 0 atom stereocenters. The summed E-state index contributed by atoms with van der Waals surface area (Å²) in [6.45, 7) is 10.7. The smallest absolute Gasteiger partial charge is 0.00606 e. The van der Waals surface area contributed by atoms with E-state index in [9.17, 15) is 0 Å². The van der Waals surface area contributed by atoms with E-state index < -0.39 is 0 Å². The molecule has 1 aliphatic carbocycles. The van der Waals surface area contributed by atoms with Gasteiger partial charge in [-0.2, -0.15) is 0 Å². The van der Waals surface area contributed by atoms with Crippen LogP contribution in [0.25, 0.3) is 0 Å². The lowest BCUT2D eigenvalue weighted by molar-refractivity contribution is 0.902. The van der Waals surface area contributed by atoms with Gasteiger partial charge in [0.1, 0.15) is 0 Å². The molecule has 0 aromatic heterocycles. The molecule has 0 aromatic rings. The van der Waals surface area contributed by atoms with Crippen LogP contribution in [0.1, 0.15) is 47.5 Å². The SMILES string of the molecule is CC.CCSC1=C(C)CCC(C)=C1. The van der Waals surface area contributed by atoms with Gasteiger partial charge < -0.3 is 0 Å². The van der Waals surface area contributed by atoms with E-state index in [4.69, 9.17) is 0 Å². The molecular weight excluding hydrogens is 176 g/mol. The molecule has 76 valence electrons. The van der Waals surface area contributed by atoms with Crippen molar-refractivity contribution in [3.8, 4) is 0 Å². The van der Waals surface area contributed by atoms with Gasteiger partial charge in [-0.25, -0.2) is 0 Å². The maximum Gasteiger partial charge on any atom is 0.00606 e. The van der Waals surface area contributed by atoms with Crippen molar-refractivity contribution in [2.24, 2.45) is 0 Å². The maximum atomic E-state index is 2.34. The van der Waals surface area contributed by atoms with Crippen molar-refractivity contribution in [1.82, 2.24) is 0 Å². The normalized spacial score (nSPS) is 16.2. The van der Waals surface area contributed by atoms with Crippen molar-refractivity contribution < 1.29 is 0 Å². The van der Waals surface area contributed by atoms with Crippen molar-refractivity contribution in [3.63, 3.8) is 0 Å². The lowest BCUT2D eigenvalue weighted by Crippen LogP contribution is -1.92. The summed E-state index contributed by atoms with van der Waals surface area (Å²) in [5.74, 6) is 1.19. The fraction of sp³-hybridized carbons (Fsp3) is 0.667. The topological polar surface area (TPSA) is 0 Å². The first-order valence-electron chi connectivity index (χ1n) is 5.23. The summed E-state index contributed by atoms with van der Waals surface area (Å²) in [5, 5.41) is 0. The minimum atomic E-state index is 1.19. The van der Waals surface area contributed by atoms with E-state index >= 15 is 0 Å². The fourth-order valence-electron chi connectivity index (χ4n) is 1.25. The molecule has 1 rings (SSSR count). The highest BCUT2D eigenvalue weighted by molar-refractivity contribution is 8.03. The third-order valence-corrected chi connectivity index (χ3v) is 3.06. The van der Waals surface area contributed by atoms with Crippen LogP contribution in [0.4, 0.5) is 0 Å². The van der Waals surface area contributed by atoms with Crippen molar-refractivity contribution in [2.75, 3.05) is 5.75 Å². The van der Waals surface area contributed by atoms with E-state index in [2.05, 4.69) is 26.8 Å². The number of thioether (sulfide) groups is 1. The van der Waals surface area contributed by atoms with E-state index in [0.717, 1.165) is 0 Å². The van der Waals surface area contributed by atoms with E-state index in [1.807, 2.05) is 25.6 Å². The molecule has 0 amide bonds. The quantitative estimate of drug-likeness (QED) is 0.615. The molecule has 0 saturated heterocycles. The van der Waals surface area contributed by atoms with Crippen LogP contribution in [-0.4, -0.2) is 5.75 Å². The Morgan fingerprint density at radius 2 is 1.85 bits per heavy atom. The average Bonchev–Trinajstić information content (AvgIpc) is 2.15. The number of allylic oxidation sites excluding steroid dienone is 3. The highest BCUT2D eigenvalue weighted by Crippen LogP contribution is 2.30. The lowest BCUT2D eigenvalue weighted by Gasteiger charge is -2.14. The highest BCUT2D eigenvalue weighted by atomic mass is 32.2. The van der Waals surface area contributed by atoms with Gasteiger partial charge in [-0.05, 0) is 38.5 Å². The average molecular weight is 198 g/mol. The van der Waals surface area contributed by atoms with Crippen LogP contribution in [0, 0.1) is 0 Å². The fourth-order valence-corrected chi connectivity index (χ4v) is 2.19. The first-order valence-corrected chi connectivity index (χ1v) is 6.22. The van der Waals surface area contributed by atoms with Crippen LogP contribution in [-0.2, 0) is 0 Å². The van der Waals surface area contributed by atoms with Gasteiger partial charge in [0.25, 0.3) is 0 Å². The van der Waals surface area contributed by atoms with E-state index in [0.29, 0.717) is 0 Å². The Kier molecular flexibility index (Phi) is 7.16. The Labute approximate surface area is 87.5 Å². The predicted octanol–water partition coefficient (Wildman–Crippen LogP) is 4.78. The van der Waals surface area contributed by atoms with Gasteiger partial charge in [-0.3, -0.25) is 0 Å². The van der Waals surface area contributed by atoms with Gasteiger partial charge in [-0.1, -0.05) is 31.9 Å². The standard InChI is InChI=1S/C10H16S.C2H6/c1-4-11-10-7-8(2)5-6-9(10)3;1-2/h7H,4-6H2,1-3H3;1-2H3. The second kappa shape index (κ2) is 7.25. The first-order chi connectivity index (χ1) is 6.24. The zero-order chi connectivity index (χ0) is 10.3. The Hall–Kier alpha value is -0.170. The second-order valence-electron chi connectivity index (χ2n) is 3.07. The molecule has 0 fully saturated rings. The summed E-state index contributed by atoms with van der Waals surface area (Å²) in [6, 6.07) is 0.